The van der Waals surface area contributed by atoms with E-state index in [1.807, 2.05) is 52.8 Å². The van der Waals surface area contributed by atoms with Crippen LogP contribution in [0.1, 0.15) is 23.1 Å². The lowest BCUT2D eigenvalue weighted by molar-refractivity contribution is 0.0738. The normalized spacial score (nSPS) is 14.3. The Balaban J connectivity index is 1.58. The van der Waals surface area contributed by atoms with Gasteiger partial charge in [0.25, 0.3) is 5.91 Å². The molecule has 0 N–H and O–H groups in total. The Hall–Kier alpha value is -3.22. The van der Waals surface area contributed by atoms with Gasteiger partial charge in [0.05, 0.1) is 25.6 Å². The number of piperazine rings is 1. The topological polar surface area (TPSA) is 59.3 Å². The highest BCUT2D eigenvalue weighted by molar-refractivity contribution is 5.95. The molecule has 0 spiro atoms. The number of benzene rings is 1. The van der Waals surface area contributed by atoms with Gasteiger partial charge in [0.15, 0.2) is 11.4 Å². The first kappa shape index (κ1) is 19.1. The van der Waals surface area contributed by atoms with Crippen LogP contribution < -0.4 is 14.4 Å². The molecule has 0 aliphatic carbocycles. The maximum atomic E-state index is 13.4. The van der Waals surface area contributed by atoms with Crippen molar-refractivity contribution in [2.24, 2.45) is 0 Å². The second-order valence-electron chi connectivity index (χ2n) is 6.98. The van der Waals surface area contributed by atoms with Crippen LogP contribution in [0.4, 0.5) is 5.69 Å². The minimum absolute atomic E-state index is 0.0160. The summed E-state index contributed by atoms with van der Waals surface area (Å²) in [6.07, 6.45) is 2.56. The summed E-state index contributed by atoms with van der Waals surface area (Å²) in [5.41, 5.74) is 3.18. The Bertz CT molecular complexity index is 1020. The predicted octanol–water partition coefficient (Wildman–Crippen LogP) is 2.88. The second kappa shape index (κ2) is 8.03. The van der Waals surface area contributed by atoms with Crippen LogP contribution in [-0.4, -0.2) is 60.6 Å². The number of amides is 1. The monoisotopic (exact) mass is 394 g/mol. The van der Waals surface area contributed by atoms with Crippen molar-refractivity contribution in [2.75, 3.05) is 45.3 Å². The smallest absolute Gasteiger partial charge is 0.272 e. The maximum absolute atomic E-state index is 13.4. The molecule has 0 radical (unpaired) electrons. The molecule has 0 unspecified atom stereocenters. The summed E-state index contributed by atoms with van der Waals surface area (Å²) < 4.78 is 12.8. The molecule has 2 aromatic heterocycles. The number of para-hydroxylation sites is 2. The lowest BCUT2D eigenvalue weighted by atomic mass is 10.2. The van der Waals surface area contributed by atoms with Gasteiger partial charge in [0.2, 0.25) is 0 Å². The molecule has 152 valence electrons. The molecule has 29 heavy (non-hydrogen) atoms. The Morgan fingerprint density at radius 3 is 2.38 bits per heavy atom. The Kier molecular flexibility index (Phi) is 5.29. The molecule has 1 saturated heterocycles. The molecule has 3 aromatic rings. The van der Waals surface area contributed by atoms with Crippen molar-refractivity contribution in [3.8, 4) is 11.5 Å². The molecule has 0 saturated carbocycles. The number of methoxy groups -OCH3 is 2. The number of anilines is 1. The third kappa shape index (κ3) is 3.37. The van der Waals surface area contributed by atoms with Crippen LogP contribution in [0.5, 0.6) is 11.5 Å². The molecule has 1 aliphatic heterocycles. The van der Waals surface area contributed by atoms with Crippen molar-refractivity contribution < 1.29 is 14.3 Å². The van der Waals surface area contributed by atoms with Gasteiger partial charge in [-0.3, -0.25) is 9.20 Å². The number of carbonyl (C=O) groups excluding carboxylic acids is 1. The van der Waals surface area contributed by atoms with E-state index in [0.29, 0.717) is 36.6 Å². The zero-order chi connectivity index (χ0) is 20.4. The lowest BCUT2D eigenvalue weighted by Gasteiger charge is -2.36. The second-order valence-corrected chi connectivity index (χ2v) is 6.98. The molecule has 1 amide bonds. The van der Waals surface area contributed by atoms with Crippen molar-refractivity contribution in [3.05, 3.63) is 54.0 Å². The van der Waals surface area contributed by atoms with E-state index in [2.05, 4.69) is 16.0 Å². The fourth-order valence-electron chi connectivity index (χ4n) is 3.91. The number of pyridine rings is 1. The van der Waals surface area contributed by atoms with Gasteiger partial charge in [-0.15, -0.1) is 0 Å². The van der Waals surface area contributed by atoms with Crippen LogP contribution in [0.25, 0.3) is 5.65 Å². The van der Waals surface area contributed by atoms with Crippen molar-refractivity contribution >= 4 is 17.2 Å². The summed E-state index contributed by atoms with van der Waals surface area (Å²) in [4.78, 5) is 22.2. The van der Waals surface area contributed by atoms with E-state index < -0.39 is 0 Å². The van der Waals surface area contributed by atoms with Gasteiger partial charge in [0.1, 0.15) is 11.4 Å². The van der Waals surface area contributed by atoms with E-state index in [0.717, 1.165) is 30.2 Å². The maximum Gasteiger partial charge on any atom is 0.272 e. The summed E-state index contributed by atoms with van der Waals surface area (Å²) >= 11 is 0. The summed E-state index contributed by atoms with van der Waals surface area (Å²) in [7, 11) is 3.30. The van der Waals surface area contributed by atoms with Crippen LogP contribution in [-0.2, 0) is 6.42 Å². The number of aryl methyl sites for hydroxylation is 1. The van der Waals surface area contributed by atoms with E-state index >= 15 is 0 Å². The van der Waals surface area contributed by atoms with Gasteiger partial charge >= 0.3 is 0 Å². The number of nitrogens with zero attached hydrogens (tertiary/aromatic N) is 4. The number of aromatic nitrogens is 2. The molecule has 1 aliphatic rings. The first-order valence-corrected chi connectivity index (χ1v) is 9.89. The van der Waals surface area contributed by atoms with Crippen LogP contribution in [0, 0.1) is 0 Å². The number of ether oxygens (including phenoxy) is 2. The first-order valence-electron chi connectivity index (χ1n) is 9.89. The number of carbonyl (C=O) groups is 1. The molecular weight excluding hydrogens is 368 g/mol. The summed E-state index contributed by atoms with van der Waals surface area (Å²) in [5.74, 6) is 1.54. The van der Waals surface area contributed by atoms with E-state index in [1.54, 1.807) is 14.2 Å². The Labute approximate surface area is 170 Å². The Morgan fingerprint density at radius 1 is 1.00 bits per heavy atom. The highest BCUT2D eigenvalue weighted by atomic mass is 16.5. The molecule has 0 bridgehead atoms. The zero-order valence-electron chi connectivity index (χ0n) is 17.1. The molecular formula is C22H26N4O3. The van der Waals surface area contributed by atoms with Crippen LogP contribution in [0.2, 0.25) is 0 Å². The van der Waals surface area contributed by atoms with E-state index in [-0.39, 0.29) is 5.91 Å². The molecule has 7 nitrogen and oxygen atoms in total. The number of hydrogen-bond acceptors (Lipinski definition) is 5. The average Bonchev–Trinajstić information content (AvgIpc) is 3.17. The first-order chi connectivity index (χ1) is 14.2. The largest absolute Gasteiger partial charge is 0.495 e. The summed E-state index contributed by atoms with van der Waals surface area (Å²) in [6, 6.07) is 11.7. The van der Waals surface area contributed by atoms with Crippen LogP contribution in [0.3, 0.4) is 0 Å². The SMILES string of the molecule is CCc1nc2c(OC)cccn2c1C(=O)N1CCN(c2ccccc2OC)CC1. The number of rotatable bonds is 5. The lowest BCUT2D eigenvalue weighted by Crippen LogP contribution is -2.49. The number of imidazole rings is 1. The van der Waals surface area contributed by atoms with Gasteiger partial charge in [0, 0.05) is 32.4 Å². The van der Waals surface area contributed by atoms with E-state index in [9.17, 15) is 4.79 Å². The highest BCUT2D eigenvalue weighted by Gasteiger charge is 2.28. The van der Waals surface area contributed by atoms with Gasteiger partial charge in [-0.1, -0.05) is 19.1 Å². The summed E-state index contributed by atoms with van der Waals surface area (Å²) in [5, 5.41) is 0. The van der Waals surface area contributed by atoms with Crippen molar-refractivity contribution in [2.45, 2.75) is 13.3 Å². The van der Waals surface area contributed by atoms with Crippen LogP contribution >= 0.6 is 0 Å². The standard InChI is InChI=1S/C22H26N4O3/c1-4-16-20(26-11-7-10-19(29-3)21(26)23-16)22(27)25-14-12-24(13-15-25)17-8-5-6-9-18(17)28-2/h5-11H,4,12-15H2,1-3H3. The van der Waals surface area contributed by atoms with Gasteiger partial charge in [-0.2, -0.15) is 0 Å². The van der Waals surface area contributed by atoms with Crippen LogP contribution in [0.15, 0.2) is 42.6 Å². The van der Waals surface area contributed by atoms with Gasteiger partial charge in [-0.05, 0) is 30.7 Å². The Morgan fingerprint density at radius 2 is 1.69 bits per heavy atom. The third-order valence-electron chi connectivity index (χ3n) is 5.44. The van der Waals surface area contributed by atoms with E-state index in [4.69, 9.17) is 9.47 Å². The predicted molar refractivity (Wildman–Crippen MR) is 112 cm³/mol. The summed E-state index contributed by atoms with van der Waals surface area (Å²) in [6.45, 7) is 4.83. The highest BCUT2D eigenvalue weighted by Crippen LogP contribution is 2.29. The van der Waals surface area contributed by atoms with Crippen molar-refractivity contribution in [3.63, 3.8) is 0 Å². The minimum atomic E-state index is 0.0160. The quantitative estimate of drug-likeness (QED) is 0.666. The fourth-order valence-corrected chi connectivity index (χ4v) is 3.91. The van der Waals surface area contributed by atoms with Gasteiger partial charge < -0.3 is 19.3 Å². The number of hydrogen-bond donors (Lipinski definition) is 0. The molecule has 4 rings (SSSR count). The number of fused-ring (bicyclic) bond motifs is 1. The molecule has 1 aromatic carbocycles. The van der Waals surface area contributed by atoms with Crippen molar-refractivity contribution in [1.29, 1.82) is 0 Å². The van der Waals surface area contributed by atoms with Crippen molar-refractivity contribution in [1.82, 2.24) is 14.3 Å². The molecule has 7 heteroatoms. The molecule has 0 atom stereocenters. The zero-order valence-corrected chi connectivity index (χ0v) is 17.1. The molecule has 1 fully saturated rings. The minimum Gasteiger partial charge on any atom is -0.495 e. The van der Waals surface area contributed by atoms with Gasteiger partial charge in [-0.25, -0.2) is 4.98 Å². The average molecular weight is 394 g/mol. The fraction of sp³-hybridized carbons (Fsp3) is 0.364. The molecule has 3 heterocycles. The van der Waals surface area contributed by atoms with E-state index in [1.165, 1.54) is 0 Å². The third-order valence-corrected chi connectivity index (χ3v) is 5.44.